The summed E-state index contributed by atoms with van der Waals surface area (Å²) in [5.41, 5.74) is -0.647. The van der Waals surface area contributed by atoms with E-state index in [1.165, 1.54) is 4.90 Å². The third-order valence-corrected chi connectivity index (χ3v) is 4.98. The molecule has 28 heavy (non-hydrogen) atoms. The maximum absolute atomic E-state index is 12.9. The Morgan fingerprint density at radius 2 is 2.00 bits per heavy atom. The molecule has 1 heterocycles. The van der Waals surface area contributed by atoms with Crippen LogP contribution in [0.3, 0.4) is 0 Å². The van der Waals surface area contributed by atoms with Crippen LogP contribution in [-0.2, 0) is 19.9 Å². The Bertz CT molecular complexity index is 798. The summed E-state index contributed by atoms with van der Waals surface area (Å²) in [6.45, 7) is 6.73. The zero-order valence-electron chi connectivity index (χ0n) is 16.4. The zero-order chi connectivity index (χ0) is 21.1. The summed E-state index contributed by atoms with van der Waals surface area (Å²) in [7, 11) is 0. The van der Waals surface area contributed by atoms with Crippen molar-refractivity contribution in [2.75, 3.05) is 19.6 Å². The van der Waals surface area contributed by atoms with Crippen molar-refractivity contribution in [3.05, 3.63) is 34.3 Å². The average molecular weight is 453 g/mol. The summed E-state index contributed by atoms with van der Waals surface area (Å²) in [5, 5.41) is 5.39. The lowest BCUT2D eigenvalue weighted by atomic mass is 9.92. The summed E-state index contributed by atoms with van der Waals surface area (Å²) < 4.78 is 0.774. The van der Waals surface area contributed by atoms with Gasteiger partial charge in [-0.1, -0.05) is 28.1 Å². The molecule has 1 saturated heterocycles. The van der Waals surface area contributed by atoms with E-state index >= 15 is 0 Å². The maximum atomic E-state index is 12.9. The fourth-order valence-corrected chi connectivity index (χ4v) is 3.39. The molecule has 152 valence electrons. The van der Waals surface area contributed by atoms with Gasteiger partial charge >= 0.3 is 6.03 Å². The van der Waals surface area contributed by atoms with E-state index in [9.17, 15) is 19.2 Å². The fraction of sp³-hybridized carbons (Fsp3) is 0.474. The fourth-order valence-electron chi connectivity index (χ4n) is 2.99. The van der Waals surface area contributed by atoms with Gasteiger partial charge < -0.3 is 15.5 Å². The number of urea groups is 1. The first kappa shape index (κ1) is 21.9. The Kier molecular flexibility index (Phi) is 6.82. The molecule has 9 heteroatoms. The van der Waals surface area contributed by atoms with Gasteiger partial charge in [0.1, 0.15) is 12.1 Å². The highest BCUT2D eigenvalue weighted by Crippen LogP contribution is 2.30. The SMILES string of the molecule is CCN(CC(=O)NC(C)C)C(=O)CN1C(=O)N[C@](C)(c2cccc(Br)c2)C1=O. The van der Waals surface area contributed by atoms with Gasteiger partial charge in [0.2, 0.25) is 11.8 Å². The second kappa shape index (κ2) is 8.72. The number of amides is 5. The van der Waals surface area contributed by atoms with E-state index in [-0.39, 0.29) is 25.0 Å². The van der Waals surface area contributed by atoms with Crippen molar-refractivity contribution < 1.29 is 19.2 Å². The zero-order valence-corrected chi connectivity index (χ0v) is 18.0. The molecule has 1 fully saturated rings. The Hall–Kier alpha value is -2.42. The van der Waals surface area contributed by atoms with E-state index in [2.05, 4.69) is 26.6 Å². The number of rotatable bonds is 7. The first-order valence-corrected chi connectivity index (χ1v) is 9.85. The van der Waals surface area contributed by atoms with E-state index in [1.807, 2.05) is 19.9 Å². The van der Waals surface area contributed by atoms with Crippen LogP contribution in [0.1, 0.15) is 33.3 Å². The van der Waals surface area contributed by atoms with Gasteiger partial charge in [0.15, 0.2) is 0 Å². The predicted octanol–water partition coefficient (Wildman–Crippen LogP) is 1.59. The monoisotopic (exact) mass is 452 g/mol. The van der Waals surface area contributed by atoms with Crippen LogP contribution < -0.4 is 10.6 Å². The first-order chi connectivity index (χ1) is 13.1. The number of imide groups is 1. The molecular formula is C19H25BrN4O4. The topological polar surface area (TPSA) is 98.8 Å². The van der Waals surface area contributed by atoms with Gasteiger partial charge in [-0.2, -0.15) is 0 Å². The molecule has 0 aliphatic carbocycles. The molecule has 0 saturated carbocycles. The Morgan fingerprint density at radius 1 is 1.32 bits per heavy atom. The number of hydrogen-bond acceptors (Lipinski definition) is 4. The van der Waals surface area contributed by atoms with Crippen molar-refractivity contribution in [2.45, 2.75) is 39.3 Å². The number of halogens is 1. The summed E-state index contributed by atoms with van der Waals surface area (Å²) >= 11 is 3.36. The van der Waals surface area contributed by atoms with Gasteiger partial charge in [-0.25, -0.2) is 4.79 Å². The van der Waals surface area contributed by atoms with E-state index in [1.54, 1.807) is 32.0 Å². The normalized spacial score (nSPS) is 19.0. The predicted molar refractivity (Wildman–Crippen MR) is 107 cm³/mol. The third kappa shape index (κ3) is 4.70. The number of nitrogens with one attached hydrogen (secondary N) is 2. The lowest BCUT2D eigenvalue weighted by molar-refractivity contribution is -0.140. The van der Waals surface area contributed by atoms with Crippen molar-refractivity contribution in [2.24, 2.45) is 0 Å². The van der Waals surface area contributed by atoms with Crippen molar-refractivity contribution in [1.29, 1.82) is 0 Å². The number of likely N-dealkylation sites (N-methyl/N-ethyl adjacent to an activating group) is 1. The quantitative estimate of drug-likeness (QED) is 0.613. The molecule has 1 aromatic carbocycles. The van der Waals surface area contributed by atoms with Crippen molar-refractivity contribution >= 4 is 39.7 Å². The van der Waals surface area contributed by atoms with E-state index in [0.717, 1.165) is 9.37 Å². The van der Waals surface area contributed by atoms with E-state index < -0.39 is 29.9 Å². The molecule has 1 aliphatic heterocycles. The standard InChI is InChI=1S/C19H25BrN4O4/c1-5-23(10-15(25)21-12(2)3)16(26)11-24-17(27)19(4,22-18(24)28)13-7-6-8-14(20)9-13/h6-9,12H,5,10-11H2,1-4H3,(H,21,25)(H,22,28)/t19-/m1/s1. The Labute approximate surface area is 172 Å². The summed E-state index contributed by atoms with van der Waals surface area (Å²) in [6, 6.07) is 6.39. The lowest BCUT2D eigenvalue weighted by Crippen LogP contribution is -2.48. The summed E-state index contributed by atoms with van der Waals surface area (Å²) in [5.74, 6) is -1.27. The van der Waals surface area contributed by atoms with Gasteiger partial charge in [-0.3, -0.25) is 19.3 Å². The maximum Gasteiger partial charge on any atom is 0.325 e. The molecule has 1 atom stereocenters. The van der Waals surface area contributed by atoms with Crippen molar-refractivity contribution in [1.82, 2.24) is 20.4 Å². The molecular weight excluding hydrogens is 428 g/mol. The van der Waals surface area contributed by atoms with Crippen LogP contribution in [0.2, 0.25) is 0 Å². The molecule has 1 aliphatic rings. The molecule has 1 aromatic rings. The number of carbonyl (C=O) groups excluding carboxylic acids is 4. The number of nitrogens with zero attached hydrogens (tertiary/aromatic N) is 2. The third-order valence-electron chi connectivity index (χ3n) is 4.49. The summed E-state index contributed by atoms with van der Waals surface area (Å²) in [6.07, 6.45) is 0. The van der Waals surface area contributed by atoms with Crippen LogP contribution in [0.5, 0.6) is 0 Å². The highest BCUT2D eigenvalue weighted by Gasteiger charge is 2.49. The van der Waals surface area contributed by atoms with E-state index in [0.29, 0.717) is 5.56 Å². The van der Waals surface area contributed by atoms with Gasteiger partial charge in [-0.05, 0) is 45.4 Å². The van der Waals surface area contributed by atoms with Crippen LogP contribution in [0.25, 0.3) is 0 Å². The molecule has 0 aromatic heterocycles. The molecule has 0 spiro atoms. The molecule has 0 unspecified atom stereocenters. The molecule has 2 rings (SSSR count). The van der Waals surface area contributed by atoms with Crippen LogP contribution >= 0.6 is 15.9 Å². The lowest BCUT2D eigenvalue weighted by Gasteiger charge is -2.24. The minimum atomic E-state index is -1.26. The highest BCUT2D eigenvalue weighted by molar-refractivity contribution is 9.10. The number of carbonyl (C=O) groups is 4. The van der Waals surface area contributed by atoms with Crippen LogP contribution in [-0.4, -0.2) is 59.2 Å². The first-order valence-electron chi connectivity index (χ1n) is 9.05. The van der Waals surface area contributed by atoms with Crippen LogP contribution in [0.4, 0.5) is 4.79 Å². The average Bonchev–Trinajstić information content (AvgIpc) is 2.83. The minimum absolute atomic E-state index is 0.0434. The van der Waals surface area contributed by atoms with Crippen molar-refractivity contribution in [3.63, 3.8) is 0 Å². The largest absolute Gasteiger partial charge is 0.352 e. The molecule has 8 nitrogen and oxygen atoms in total. The van der Waals surface area contributed by atoms with Gasteiger partial charge in [0.25, 0.3) is 5.91 Å². The van der Waals surface area contributed by atoms with E-state index in [4.69, 9.17) is 0 Å². The molecule has 5 amide bonds. The highest BCUT2D eigenvalue weighted by atomic mass is 79.9. The van der Waals surface area contributed by atoms with Gasteiger partial charge in [0.05, 0.1) is 6.54 Å². The molecule has 0 bridgehead atoms. The van der Waals surface area contributed by atoms with Crippen LogP contribution in [0, 0.1) is 0 Å². The van der Waals surface area contributed by atoms with Crippen LogP contribution in [0.15, 0.2) is 28.7 Å². The Morgan fingerprint density at radius 3 is 2.57 bits per heavy atom. The molecule has 0 radical (unpaired) electrons. The van der Waals surface area contributed by atoms with Crippen molar-refractivity contribution in [3.8, 4) is 0 Å². The number of benzene rings is 1. The Balaban J connectivity index is 2.13. The van der Waals surface area contributed by atoms with Gasteiger partial charge in [-0.15, -0.1) is 0 Å². The second-order valence-corrected chi connectivity index (χ2v) is 8.00. The molecule has 2 N–H and O–H groups in total. The minimum Gasteiger partial charge on any atom is -0.352 e. The number of hydrogen-bond donors (Lipinski definition) is 2. The van der Waals surface area contributed by atoms with Gasteiger partial charge in [0, 0.05) is 17.1 Å². The smallest absolute Gasteiger partial charge is 0.325 e. The second-order valence-electron chi connectivity index (χ2n) is 7.09. The summed E-state index contributed by atoms with van der Waals surface area (Å²) in [4.78, 5) is 52.1.